The molecular formula is C15H10Cl2N2O. The fourth-order valence-electron chi connectivity index (χ4n) is 1.93. The molecule has 1 aromatic carbocycles. The molecule has 0 bridgehead atoms. The normalized spacial score (nSPS) is 10.8. The van der Waals surface area contributed by atoms with Crippen LogP contribution in [0.3, 0.4) is 0 Å². The van der Waals surface area contributed by atoms with Crippen LogP contribution < -0.4 is 0 Å². The van der Waals surface area contributed by atoms with E-state index in [2.05, 4.69) is 10.1 Å². The van der Waals surface area contributed by atoms with Crippen molar-refractivity contribution in [3.05, 3.63) is 58.2 Å². The summed E-state index contributed by atoms with van der Waals surface area (Å²) in [6.07, 6.45) is 1.73. The monoisotopic (exact) mass is 304 g/mol. The van der Waals surface area contributed by atoms with Crippen molar-refractivity contribution in [1.82, 2.24) is 10.1 Å². The molecule has 0 amide bonds. The molecule has 5 heteroatoms. The molecule has 2 aromatic heterocycles. The van der Waals surface area contributed by atoms with Gasteiger partial charge in [0.05, 0.1) is 10.0 Å². The summed E-state index contributed by atoms with van der Waals surface area (Å²) in [7, 11) is 0. The van der Waals surface area contributed by atoms with E-state index in [0.29, 0.717) is 27.1 Å². The van der Waals surface area contributed by atoms with Crippen molar-refractivity contribution in [2.75, 3.05) is 0 Å². The number of rotatable bonds is 2. The van der Waals surface area contributed by atoms with Crippen LogP contribution in [0.4, 0.5) is 0 Å². The number of halogens is 2. The van der Waals surface area contributed by atoms with Crippen LogP contribution in [0, 0.1) is 6.92 Å². The third-order valence-corrected chi connectivity index (χ3v) is 3.53. The molecule has 0 unspecified atom stereocenters. The lowest BCUT2D eigenvalue weighted by atomic mass is 10.1. The van der Waals surface area contributed by atoms with E-state index in [9.17, 15) is 0 Å². The van der Waals surface area contributed by atoms with Crippen LogP contribution in [0.15, 0.2) is 47.1 Å². The molecule has 0 aliphatic carbocycles. The van der Waals surface area contributed by atoms with Gasteiger partial charge < -0.3 is 4.52 Å². The summed E-state index contributed by atoms with van der Waals surface area (Å²) in [6, 6.07) is 11.0. The molecule has 0 saturated heterocycles. The van der Waals surface area contributed by atoms with Gasteiger partial charge in [-0.25, -0.2) is 0 Å². The molecule has 100 valence electrons. The number of pyridine rings is 1. The fourth-order valence-corrected chi connectivity index (χ4v) is 2.52. The summed E-state index contributed by atoms with van der Waals surface area (Å²) in [6.45, 7) is 1.99. The van der Waals surface area contributed by atoms with Gasteiger partial charge in [0, 0.05) is 17.8 Å². The summed E-state index contributed by atoms with van der Waals surface area (Å²) in [5.41, 5.74) is 3.09. The highest BCUT2D eigenvalue weighted by Gasteiger charge is 2.14. The van der Waals surface area contributed by atoms with E-state index in [-0.39, 0.29) is 0 Å². The zero-order valence-electron chi connectivity index (χ0n) is 10.6. The molecule has 0 saturated carbocycles. The van der Waals surface area contributed by atoms with Crippen molar-refractivity contribution in [2.24, 2.45) is 0 Å². The van der Waals surface area contributed by atoms with Crippen molar-refractivity contribution in [3.63, 3.8) is 0 Å². The minimum Gasteiger partial charge on any atom is -0.354 e. The lowest BCUT2D eigenvalue weighted by Gasteiger charge is -2.01. The quantitative estimate of drug-likeness (QED) is 0.667. The van der Waals surface area contributed by atoms with Gasteiger partial charge in [-0.1, -0.05) is 34.4 Å². The SMILES string of the molecule is Cc1ccnc(-c2cc(-c3c(Cl)cccc3Cl)no2)c1. The number of hydrogen-bond donors (Lipinski definition) is 0. The third-order valence-electron chi connectivity index (χ3n) is 2.90. The predicted molar refractivity (Wildman–Crippen MR) is 79.9 cm³/mol. The average molecular weight is 305 g/mol. The Bertz CT molecular complexity index is 748. The molecule has 0 fully saturated rings. The average Bonchev–Trinajstić information content (AvgIpc) is 2.88. The summed E-state index contributed by atoms with van der Waals surface area (Å²) in [5.74, 6) is 0.583. The molecule has 3 nitrogen and oxygen atoms in total. The van der Waals surface area contributed by atoms with Gasteiger partial charge in [0.2, 0.25) is 0 Å². The molecule has 0 N–H and O–H groups in total. The minimum absolute atomic E-state index is 0.537. The van der Waals surface area contributed by atoms with Gasteiger partial charge in [0.15, 0.2) is 5.76 Å². The maximum absolute atomic E-state index is 6.16. The second kappa shape index (κ2) is 5.27. The highest BCUT2D eigenvalue weighted by atomic mass is 35.5. The molecular weight excluding hydrogens is 295 g/mol. The van der Waals surface area contributed by atoms with Gasteiger partial charge in [-0.2, -0.15) is 0 Å². The molecule has 3 rings (SSSR count). The summed E-state index contributed by atoms with van der Waals surface area (Å²) in [5, 5.41) is 5.10. The van der Waals surface area contributed by atoms with Crippen LogP contribution in [0.5, 0.6) is 0 Å². The Morgan fingerprint density at radius 1 is 1.00 bits per heavy atom. The molecule has 0 spiro atoms. The van der Waals surface area contributed by atoms with E-state index < -0.39 is 0 Å². The molecule has 20 heavy (non-hydrogen) atoms. The molecule has 0 atom stereocenters. The van der Waals surface area contributed by atoms with Crippen LogP contribution in [-0.4, -0.2) is 10.1 Å². The Labute approximate surface area is 126 Å². The number of nitrogens with zero attached hydrogens (tertiary/aromatic N) is 2. The van der Waals surface area contributed by atoms with Crippen LogP contribution in [0.25, 0.3) is 22.7 Å². The lowest BCUT2D eigenvalue weighted by Crippen LogP contribution is -1.82. The van der Waals surface area contributed by atoms with E-state index >= 15 is 0 Å². The molecule has 0 aliphatic rings. The van der Waals surface area contributed by atoms with E-state index in [1.807, 2.05) is 19.1 Å². The summed E-state index contributed by atoms with van der Waals surface area (Å²) >= 11 is 12.3. The number of benzene rings is 1. The van der Waals surface area contributed by atoms with Crippen LogP contribution >= 0.6 is 23.2 Å². The summed E-state index contributed by atoms with van der Waals surface area (Å²) in [4.78, 5) is 4.26. The Hall–Kier alpha value is -1.84. The maximum atomic E-state index is 6.16. The zero-order valence-corrected chi connectivity index (χ0v) is 12.1. The maximum Gasteiger partial charge on any atom is 0.185 e. The summed E-state index contributed by atoms with van der Waals surface area (Å²) < 4.78 is 5.34. The first-order valence-electron chi connectivity index (χ1n) is 5.99. The largest absolute Gasteiger partial charge is 0.354 e. The van der Waals surface area contributed by atoms with Crippen molar-refractivity contribution in [1.29, 1.82) is 0 Å². The van der Waals surface area contributed by atoms with Gasteiger partial charge >= 0.3 is 0 Å². The van der Waals surface area contributed by atoms with E-state index in [4.69, 9.17) is 27.7 Å². The van der Waals surface area contributed by atoms with Gasteiger partial charge in [0.25, 0.3) is 0 Å². The highest BCUT2D eigenvalue weighted by Crippen LogP contribution is 2.35. The fraction of sp³-hybridized carbons (Fsp3) is 0.0667. The zero-order chi connectivity index (χ0) is 14.1. The Balaban J connectivity index is 2.07. The first-order chi connectivity index (χ1) is 9.65. The number of aromatic nitrogens is 2. The molecule has 0 radical (unpaired) electrons. The lowest BCUT2D eigenvalue weighted by molar-refractivity contribution is 0.433. The number of aryl methyl sites for hydroxylation is 1. The smallest absolute Gasteiger partial charge is 0.185 e. The minimum atomic E-state index is 0.537. The standard InChI is InChI=1S/C15H10Cl2N2O/c1-9-5-6-18-12(7-9)14-8-13(19-20-14)15-10(16)3-2-4-11(15)17/h2-8H,1H3. The second-order valence-corrected chi connectivity index (χ2v) is 5.21. The molecule has 2 heterocycles. The van der Waals surface area contributed by atoms with E-state index in [1.54, 1.807) is 30.5 Å². The second-order valence-electron chi connectivity index (χ2n) is 4.39. The van der Waals surface area contributed by atoms with Crippen molar-refractivity contribution < 1.29 is 4.52 Å². The van der Waals surface area contributed by atoms with Crippen molar-refractivity contribution in [3.8, 4) is 22.7 Å². The van der Waals surface area contributed by atoms with E-state index in [1.165, 1.54) is 0 Å². The highest BCUT2D eigenvalue weighted by molar-refractivity contribution is 6.39. The first kappa shape index (κ1) is 13.2. The van der Waals surface area contributed by atoms with Crippen LogP contribution in [-0.2, 0) is 0 Å². The molecule has 0 aliphatic heterocycles. The van der Waals surface area contributed by atoms with Gasteiger partial charge in [-0.05, 0) is 36.8 Å². The van der Waals surface area contributed by atoms with Crippen molar-refractivity contribution >= 4 is 23.2 Å². The van der Waals surface area contributed by atoms with Crippen LogP contribution in [0.2, 0.25) is 10.0 Å². The van der Waals surface area contributed by atoms with Gasteiger partial charge in [0.1, 0.15) is 11.4 Å². The predicted octanol–water partition coefficient (Wildman–Crippen LogP) is 5.02. The van der Waals surface area contributed by atoms with Crippen LogP contribution in [0.1, 0.15) is 5.56 Å². The van der Waals surface area contributed by atoms with Crippen molar-refractivity contribution in [2.45, 2.75) is 6.92 Å². The van der Waals surface area contributed by atoms with E-state index in [0.717, 1.165) is 11.3 Å². The number of hydrogen-bond acceptors (Lipinski definition) is 3. The topological polar surface area (TPSA) is 38.9 Å². The Morgan fingerprint density at radius 2 is 1.75 bits per heavy atom. The molecule has 3 aromatic rings. The van der Waals surface area contributed by atoms with Gasteiger partial charge in [-0.15, -0.1) is 0 Å². The van der Waals surface area contributed by atoms with Gasteiger partial charge in [-0.3, -0.25) is 4.98 Å². The Kier molecular flexibility index (Phi) is 3.47. The third kappa shape index (κ3) is 2.42. The first-order valence-corrected chi connectivity index (χ1v) is 6.75. The Morgan fingerprint density at radius 3 is 2.45 bits per heavy atom.